The van der Waals surface area contributed by atoms with Crippen molar-refractivity contribution in [2.45, 2.75) is 38.5 Å². The molecule has 0 saturated heterocycles. The van der Waals surface area contributed by atoms with Crippen molar-refractivity contribution in [3.63, 3.8) is 0 Å². The summed E-state index contributed by atoms with van der Waals surface area (Å²) >= 11 is 0. The Kier molecular flexibility index (Phi) is 4.27. The van der Waals surface area contributed by atoms with E-state index in [4.69, 9.17) is 5.73 Å². The minimum atomic E-state index is -0.541. The molecule has 0 aromatic carbocycles. The van der Waals surface area contributed by atoms with Gasteiger partial charge in [0.05, 0.1) is 5.69 Å². The Bertz CT molecular complexity index is 513. The number of hydrogen-bond acceptors (Lipinski definition) is 2. The number of H-pyrrole nitrogens is 1. The third kappa shape index (κ3) is 3.29. The fourth-order valence-electron chi connectivity index (χ4n) is 2.84. The van der Waals surface area contributed by atoms with E-state index in [2.05, 4.69) is 16.9 Å². The maximum atomic E-state index is 12.1. The number of nitrogens with two attached hydrogens (primary N) is 1. The average molecular weight is 275 g/mol. The highest BCUT2D eigenvalue weighted by Gasteiger charge is 2.31. The van der Waals surface area contributed by atoms with Crippen molar-refractivity contribution < 1.29 is 9.59 Å². The Morgan fingerprint density at radius 2 is 2.10 bits per heavy atom. The van der Waals surface area contributed by atoms with Gasteiger partial charge in [0.25, 0.3) is 5.91 Å². The summed E-state index contributed by atoms with van der Waals surface area (Å²) in [5.41, 5.74) is 5.93. The van der Waals surface area contributed by atoms with E-state index in [0.717, 1.165) is 25.7 Å². The molecule has 1 aliphatic carbocycles. The van der Waals surface area contributed by atoms with Gasteiger partial charge in [-0.2, -0.15) is 0 Å². The van der Waals surface area contributed by atoms with Crippen molar-refractivity contribution in [1.29, 1.82) is 0 Å². The van der Waals surface area contributed by atoms with Gasteiger partial charge in [-0.05, 0) is 24.3 Å². The molecule has 4 N–H and O–H groups in total. The molecule has 0 atom stereocenters. The van der Waals surface area contributed by atoms with Gasteiger partial charge in [0, 0.05) is 12.6 Å². The first-order chi connectivity index (χ1) is 9.54. The minimum absolute atomic E-state index is 0.0539. The van der Waals surface area contributed by atoms with Crippen LogP contribution in [0, 0.1) is 5.41 Å². The Morgan fingerprint density at radius 3 is 2.65 bits per heavy atom. The van der Waals surface area contributed by atoms with Gasteiger partial charge in [0.2, 0.25) is 5.91 Å². The number of hydrogen-bond donors (Lipinski definition) is 3. The molecule has 1 saturated carbocycles. The molecule has 5 nitrogen and oxygen atoms in total. The minimum Gasteiger partial charge on any atom is -0.364 e. The van der Waals surface area contributed by atoms with Gasteiger partial charge in [0.1, 0.15) is 5.69 Å². The Morgan fingerprint density at radius 1 is 1.40 bits per heavy atom. The highest BCUT2D eigenvalue weighted by atomic mass is 16.2. The lowest BCUT2D eigenvalue weighted by Crippen LogP contribution is -2.27. The Balaban J connectivity index is 1.97. The second-order valence-corrected chi connectivity index (χ2v) is 5.52. The number of aromatic amines is 1. The molecule has 0 unspecified atom stereocenters. The molecule has 108 valence electrons. The average Bonchev–Trinajstić information content (AvgIpc) is 2.88. The number of nitrogens with one attached hydrogen (secondary N) is 2. The zero-order valence-electron chi connectivity index (χ0n) is 11.6. The molecule has 0 spiro atoms. The van der Waals surface area contributed by atoms with E-state index < -0.39 is 5.91 Å². The van der Waals surface area contributed by atoms with Crippen LogP contribution in [-0.4, -0.2) is 16.8 Å². The summed E-state index contributed by atoms with van der Waals surface area (Å²) in [4.78, 5) is 25.8. The highest BCUT2D eigenvalue weighted by Crippen LogP contribution is 2.40. The number of carbonyl (C=O) groups excluding carboxylic acids is 2. The number of anilines is 1. The van der Waals surface area contributed by atoms with E-state index in [1.807, 2.05) is 6.08 Å². The molecule has 1 aliphatic rings. The van der Waals surface area contributed by atoms with Crippen molar-refractivity contribution in [2.75, 3.05) is 5.32 Å². The quantitative estimate of drug-likeness (QED) is 0.721. The molecule has 1 fully saturated rings. The zero-order chi connectivity index (χ0) is 14.6. The van der Waals surface area contributed by atoms with Crippen LogP contribution >= 0.6 is 0 Å². The van der Waals surface area contributed by atoms with Crippen LogP contribution in [0.1, 0.15) is 49.0 Å². The first kappa shape index (κ1) is 14.4. The van der Waals surface area contributed by atoms with Crippen LogP contribution in [0.3, 0.4) is 0 Å². The highest BCUT2D eigenvalue weighted by molar-refractivity contribution is 5.95. The number of allylic oxidation sites excluding steroid dienone is 1. The summed E-state index contributed by atoms with van der Waals surface area (Å²) < 4.78 is 0. The topological polar surface area (TPSA) is 88.0 Å². The largest absolute Gasteiger partial charge is 0.364 e. The summed E-state index contributed by atoms with van der Waals surface area (Å²) in [6.45, 7) is 3.90. The van der Waals surface area contributed by atoms with Crippen molar-refractivity contribution in [3.8, 4) is 0 Å². The molecule has 2 amide bonds. The number of amides is 2. The molecule has 0 radical (unpaired) electrons. The summed E-state index contributed by atoms with van der Waals surface area (Å²) in [6.07, 6.45) is 9.50. The lowest BCUT2D eigenvalue weighted by atomic mass is 9.72. The standard InChI is InChI=1S/C15H21N3O2/c1-2-15(6-4-3-5-7-15)9-13(19)18-11-8-12(14(16)20)17-10-11/h2,8,10,17H,1,3-7,9H2,(H2,16,20)(H,18,19). The number of aromatic nitrogens is 1. The predicted molar refractivity (Wildman–Crippen MR) is 78.3 cm³/mol. The predicted octanol–water partition coefficient (Wildman–Crippen LogP) is 2.58. The van der Waals surface area contributed by atoms with Gasteiger partial charge < -0.3 is 16.0 Å². The van der Waals surface area contributed by atoms with Crippen LogP contribution in [0.15, 0.2) is 24.9 Å². The molecule has 0 bridgehead atoms. The van der Waals surface area contributed by atoms with Crippen LogP contribution in [0.4, 0.5) is 5.69 Å². The lowest BCUT2D eigenvalue weighted by Gasteiger charge is -2.33. The fourth-order valence-corrected chi connectivity index (χ4v) is 2.84. The monoisotopic (exact) mass is 275 g/mol. The van der Waals surface area contributed by atoms with E-state index in [-0.39, 0.29) is 17.0 Å². The second-order valence-electron chi connectivity index (χ2n) is 5.52. The van der Waals surface area contributed by atoms with Gasteiger partial charge in [0.15, 0.2) is 0 Å². The fraction of sp³-hybridized carbons (Fsp3) is 0.467. The van der Waals surface area contributed by atoms with E-state index in [0.29, 0.717) is 12.1 Å². The van der Waals surface area contributed by atoms with Crippen molar-refractivity contribution in [1.82, 2.24) is 4.98 Å². The molecular formula is C15H21N3O2. The molecule has 1 heterocycles. The third-order valence-electron chi connectivity index (χ3n) is 4.03. The van der Waals surface area contributed by atoms with Crippen LogP contribution < -0.4 is 11.1 Å². The molecule has 1 aromatic heterocycles. The molecule has 5 heteroatoms. The Labute approximate surface area is 118 Å². The maximum Gasteiger partial charge on any atom is 0.265 e. The SMILES string of the molecule is C=CC1(CC(=O)Nc2c[nH]c(C(N)=O)c2)CCCCC1. The van der Waals surface area contributed by atoms with Crippen LogP contribution in [0.5, 0.6) is 0 Å². The first-order valence-corrected chi connectivity index (χ1v) is 6.96. The first-order valence-electron chi connectivity index (χ1n) is 6.96. The van der Waals surface area contributed by atoms with Gasteiger partial charge in [-0.1, -0.05) is 25.3 Å². The number of carbonyl (C=O) groups is 2. The normalized spacial score (nSPS) is 17.4. The van der Waals surface area contributed by atoms with Gasteiger partial charge in [-0.3, -0.25) is 9.59 Å². The van der Waals surface area contributed by atoms with Crippen molar-refractivity contribution in [3.05, 3.63) is 30.6 Å². The lowest BCUT2D eigenvalue weighted by molar-refractivity contribution is -0.118. The van der Waals surface area contributed by atoms with Gasteiger partial charge >= 0.3 is 0 Å². The summed E-state index contributed by atoms with van der Waals surface area (Å²) in [6, 6.07) is 1.54. The van der Waals surface area contributed by atoms with E-state index in [1.165, 1.54) is 6.42 Å². The van der Waals surface area contributed by atoms with Crippen LogP contribution in [0.25, 0.3) is 0 Å². The van der Waals surface area contributed by atoms with Crippen LogP contribution in [0.2, 0.25) is 0 Å². The van der Waals surface area contributed by atoms with Crippen molar-refractivity contribution >= 4 is 17.5 Å². The van der Waals surface area contributed by atoms with E-state index >= 15 is 0 Å². The second kappa shape index (κ2) is 5.94. The molecule has 20 heavy (non-hydrogen) atoms. The third-order valence-corrected chi connectivity index (χ3v) is 4.03. The van der Waals surface area contributed by atoms with E-state index in [9.17, 15) is 9.59 Å². The molecule has 2 rings (SSSR count). The summed E-state index contributed by atoms with van der Waals surface area (Å²) in [7, 11) is 0. The summed E-state index contributed by atoms with van der Waals surface area (Å²) in [5, 5.41) is 2.80. The number of primary amides is 1. The molecule has 1 aromatic rings. The van der Waals surface area contributed by atoms with Crippen molar-refractivity contribution in [2.24, 2.45) is 11.1 Å². The maximum absolute atomic E-state index is 12.1. The summed E-state index contributed by atoms with van der Waals surface area (Å²) in [5.74, 6) is -0.595. The van der Waals surface area contributed by atoms with E-state index in [1.54, 1.807) is 12.3 Å². The van der Waals surface area contributed by atoms with Crippen LogP contribution in [-0.2, 0) is 4.79 Å². The zero-order valence-corrected chi connectivity index (χ0v) is 11.6. The smallest absolute Gasteiger partial charge is 0.265 e. The number of rotatable bonds is 5. The molecule has 0 aliphatic heterocycles. The Hall–Kier alpha value is -2.04. The van der Waals surface area contributed by atoms with Gasteiger partial charge in [-0.15, -0.1) is 6.58 Å². The van der Waals surface area contributed by atoms with Gasteiger partial charge in [-0.25, -0.2) is 0 Å². The molecular weight excluding hydrogens is 254 g/mol.